The van der Waals surface area contributed by atoms with Gasteiger partial charge in [0.15, 0.2) is 0 Å². The second-order valence-electron chi connectivity index (χ2n) is 3.96. The zero-order valence-electron chi connectivity index (χ0n) is 11.4. The summed E-state index contributed by atoms with van der Waals surface area (Å²) >= 11 is 0. The quantitative estimate of drug-likeness (QED) is 0.774. The van der Waals surface area contributed by atoms with Gasteiger partial charge >= 0.3 is 0 Å². The molecule has 0 spiro atoms. The molecule has 0 atom stereocenters. The summed E-state index contributed by atoms with van der Waals surface area (Å²) in [6.07, 6.45) is 0. The highest BCUT2D eigenvalue weighted by atomic mass is 16.5. The van der Waals surface area contributed by atoms with E-state index in [4.69, 9.17) is 9.47 Å². The lowest BCUT2D eigenvalue weighted by Gasteiger charge is -1.98. The smallest absolute Gasteiger partial charge is 0.120 e. The van der Waals surface area contributed by atoms with Crippen LogP contribution in [0.25, 0.3) is 0 Å². The van der Waals surface area contributed by atoms with Crippen LogP contribution in [0.15, 0.2) is 48.5 Å². The van der Waals surface area contributed by atoms with Gasteiger partial charge in [-0.2, -0.15) is 0 Å². The molecule has 2 nitrogen and oxygen atoms in total. The van der Waals surface area contributed by atoms with Gasteiger partial charge in [0.1, 0.15) is 11.5 Å². The monoisotopic (exact) mass is 262 g/mol. The fraction of sp³-hybridized carbons (Fsp3) is 0.111. The minimum Gasteiger partial charge on any atom is -0.497 e. The van der Waals surface area contributed by atoms with E-state index in [1.54, 1.807) is 14.2 Å². The van der Waals surface area contributed by atoms with Gasteiger partial charge in [0, 0.05) is 11.1 Å². The van der Waals surface area contributed by atoms with Gasteiger partial charge in [-0.1, -0.05) is 24.0 Å². The third-order valence-corrected chi connectivity index (χ3v) is 2.62. The molecule has 98 valence electrons. The van der Waals surface area contributed by atoms with Crippen LogP contribution in [0.4, 0.5) is 0 Å². The Morgan fingerprint density at radius 2 is 1.15 bits per heavy atom. The van der Waals surface area contributed by atoms with Crippen molar-refractivity contribution in [1.82, 2.24) is 0 Å². The van der Waals surface area contributed by atoms with Crippen molar-refractivity contribution in [3.63, 3.8) is 0 Å². The summed E-state index contributed by atoms with van der Waals surface area (Å²) in [7, 11) is 3.27. The Labute approximate surface area is 119 Å². The molecule has 2 rings (SSSR count). The van der Waals surface area contributed by atoms with Crippen molar-refractivity contribution in [1.29, 1.82) is 0 Å². The van der Waals surface area contributed by atoms with Gasteiger partial charge < -0.3 is 9.47 Å². The molecular formula is C18H14O2. The van der Waals surface area contributed by atoms with Gasteiger partial charge in [0.05, 0.1) is 14.2 Å². The summed E-state index contributed by atoms with van der Waals surface area (Å²) in [6, 6.07) is 15.2. The first-order valence-electron chi connectivity index (χ1n) is 6.12. The molecule has 0 saturated carbocycles. The van der Waals surface area contributed by atoms with Crippen LogP contribution in [0.3, 0.4) is 0 Å². The summed E-state index contributed by atoms with van der Waals surface area (Å²) < 4.78 is 10.3. The minimum absolute atomic E-state index is 0.789. The molecular weight excluding hydrogens is 248 g/mol. The van der Waals surface area contributed by atoms with Gasteiger partial charge in [0.2, 0.25) is 0 Å². The Hall–Kier alpha value is -2.84. The Morgan fingerprint density at radius 3 is 1.55 bits per heavy atom. The standard InChI is InChI=1S/C18H14O2/c1-19-17-11-5-9-15(13-17)7-3-4-8-16-10-6-12-18(14-16)20-2/h5-6,9-14H,1-2H3. The zero-order valence-corrected chi connectivity index (χ0v) is 11.4. The first-order valence-corrected chi connectivity index (χ1v) is 6.12. The summed E-state index contributed by atoms with van der Waals surface area (Å²) in [5, 5.41) is 0. The van der Waals surface area contributed by atoms with Crippen molar-refractivity contribution >= 4 is 0 Å². The number of ether oxygens (including phenoxy) is 2. The fourth-order valence-electron chi connectivity index (χ4n) is 1.61. The summed E-state index contributed by atoms with van der Waals surface area (Å²) in [4.78, 5) is 0. The SMILES string of the molecule is COc1cccc(C#CC#Cc2cccc(OC)c2)c1. The molecule has 0 aliphatic rings. The highest BCUT2D eigenvalue weighted by Gasteiger charge is 1.91. The van der Waals surface area contributed by atoms with Crippen LogP contribution in [0, 0.1) is 23.7 Å². The van der Waals surface area contributed by atoms with Crippen molar-refractivity contribution < 1.29 is 9.47 Å². The molecule has 0 radical (unpaired) electrons. The lowest BCUT2D eigenvalue weighted by atomic mass is 10.2. The minimum atomic E-state index is 0.789. The normalized spacial score (nSPS) is 8.70. The van der Waals surface area contributed by atoms with Crippen molar-refractivity contribution in [2.45, 2.75) is 0 Å². The molecule has 2 aromatic rings. The second-order valence-corrected chi connectivity index (χ2v) is 3.96. The van der Waals surface area contributed by atoms with Crippen LogP contribution in [0.1, 0.15) is 11.1 Å². The van der Waals surface area contributed by atoms with Crippen molar-refractivity contribution in [3.05, 3.63) is 59.7 Å². The van der Waals surface area contributed by atoms with Crippen molar-refractivity contribution in [3.8, 4) is 35.2 Å². The van der Waals surface area contributed by atoms with Crippen molar-refractivity contribution in [2.24, 2.45) is 0 Å². The molecule has 0 bridgehead atoms. The van der Waals surface area contributed by atoms with Gasteiger partial charge in [-0.05, 0) is 48.2 Å². The van der Waals surface area contributed by atoms with E-state index in [0.29, 0.717) is 0 Å². The third-order valence-electron chi connectivity index (χ3n) is 2.62. The first-order chi connectivity index (χ1) is 9.81. The van der Waals surface area contributed by atoms with Crippen LogP contribution < -0.4 is 9.47 Å². The molecule has 0 heterocycles. The number of methoxy groups -OCH3 is 2. The number of hydrogen-bond donors (Lipinski definition) is 0. The maximum atomic E-state index is 5.14. The molecule has 0 fully saturated rings. The lowest BCUT2D eigenvalue weighted by Crippen LogP contribution is -1.83. The van der Waals surface area contributed by atoms with E-state index >= 15 is 0 Å². The highest BCUT2D eigenvalue weighted by Crippen LogP contribution is 2.12. The van der Waals surface area contributed by atoms with E-state index < -0.39 is 0 Å². The van der Waals surface area contributed by atoms with E-state index in [0.717, 1.165) is 22.6 Å². The predicted molar refractivity (Wildman–Crippen MR) is 79.7 cm³/mol. The highest BCUT2D eigenvalue weighted by molar-refractivity contribution is 5.47. The van der Waals surface area contributed by atoms with Gasteiger partial charge in [-0.25, -0.2) is 0 Å². The lowest BCUT2D eigenvalue weighted by molar-refractivity contribution is 0.414. The van der Waals surface area contributed by atoms with Gasteiger partial charge in [-0.3, -0.25) is 0 Å². The number of hydrogen-bond acceptors (Lipinski definition) is 2. The van der Waals surface area contributed by atoms with Crippen LogP contribution in [-0.2, 0) is 0 Å². The Morgan fingerprint density at radius 1 is 0.700 bits per heavy atom. The topological polar surface area (TPSA) is 18.5 Å². The van der Waals surface area contributed by atoms with Crippen LogP contribution in [-0.4, -0.2) is 14.2 Å². The maximum Gasteiger partial charge on any atom is 0.120 e. The molecule has 0 saturated heterocycles. The third kappa shape index (κ3) is 3.83. The van der Waals surface area contributed by atoms with E-state index in [9.17, 15) is 0 Å². The first kappa shape index (κ1) is 13.6. The summed E-state index contributed by atoms with van der Waals surface area (Å²) in [5.41, 5.74) is 1.76. The molecule has 2 heteroatoms. The molecule has 0 aliphatic carbocycles. The molecule has 2 aromatic carbocycles. The second kappa shape index (κ2) is 6.92. The fourth-order valence-corrected chi connectivity index (χ4v) is 1.61. The largest absolute Gasteiger partial charge is 0.497 e. The summed E-state index contributed by atoms with van der Waals surface area (Å²) in [6.45, 7) is 0. The maximum absolute atomic E-state index is 5.14. The van der Waals surface area contributed by atoms with E-state index in [2.05, 4.69) is 23.7 Å². The molecule has 0 amide bonds. The molecule has 20 heavy (non-hydrogen) atoms. The zero-order chi connectivity index (χ0) is 14.2. The Balaban J connectivity index is 2.12. The van der Waals surface area contributed by atoms with Crippen LogP contribution >= 0.6 is 0 Å². The average molecular weight is 262 g/mol. The molecule has 0 aromatic heterocycles. The number of benzene rings is 2. The molecule has 0 N–H and O–H groups in total. The van der Waals surface area contributed by atoms with E-state index in [-0.39, 0.29) is 0 Å². The van der Waals surface area contributed by atoms with E-state index in [1.165, 1.54) is 0 Å². The van der Waals surface area contributed by atoms with E-state index in [1.807, 2.05) is 48.5 Å². The molecule has 0 unspecified atom stereocenters. The number of rotatable bonds is 2. The van der Waals surface area contributed by atoms with Crippen molar-refractivity contribution in [2.75, 3.05) is 14.2 Å². The van der Waals surface area contributed by atoms with Crippen LogP contribution in [0.5, 0.6) is 11.5 Å². The van der Waals surface area contributed by atoms with Crippen LogP contribution in [0.2, 0.25) is 0 Å². The Kier molecular flexibility index (Phi) is 4.70. The predicted octanol–water partition coefficient (Wildman–Crippen LogP) is 3.11. The summed E-state index contributed by atoms with van der Waals surface area (Å²) in [5.74, 6) is 13.2. The van der Waals surface area contributed by atoms with Gasteiger partial charge in [-0.15, -0.1) is 0 Å². The average Bonchev–Trinajstić information content (AvgIpc) is 2.52. The Bertz CT molecular complexity index is 646. The molecule has 0 aliphatic heterocycles. The van der Waals surface area contributed by atoms with Gasteiger partial charge in [0.25, 0.3) is 0 Å².